The van der Waals surface area contributed by atoms with Gasteiger partial charge < -0.3 is 19.8 Å². The molecule has 4 rings (SSSR count). The highest BCUT2D eigenvalue weighted by atomic mass is 32.1. The van der Waals surface area contributed by atoms with Crippen LogP contribution in [0.15, 0.2) is 45.2 Å². The van der Waals surface area contributed by atoms with Gasteiger partial charge in [-0.05, 0) is 56.5 Å². The number of aromatic nitrogens is 2. The van der Waals surface area contributed by atoms with Crippen LogP contribution in [-0.2, 0) is 0 Å². The van der Waals surface area contributed by atoms with Crippen LogP contribution in [0.2, 0.25) is 0 Å². The Labute approximate surface area is 258 Å². The van der Waals surface area contributed by atoms with Crippen LogP contribution in [0.4, 0.5) is 10.0 Å². The van der Waals surface area contributed by atoms with Crippen molar-refractivity contribution in [1.82, 2.24) is 9.66 Å². The van der Waals surface area contributed by atoms with Gasteiger partial charge in [-0.2, -0.15) is 9.78 Å². The number of rotatable bonds is 13. The van der Waals surface area contributed by atoms with Crippen molar-refractivity contribution in [2.24, 2.45) is 21.4 Å². The van der Waals surface area contributed by atoms with E-state index < -0.39 is 5.41 Å². The van der Waals surface area contributed by atoms with Crippen molar-refractivity contribution < 1.29 is 14.9 Å². The lowest BCUT2D eigenvalue weighted by Crippen LogP contribution is -2.28. The number of benzene rings is 1. The molecule has 2 N–H and O–H groups in total. The Morgan fingerprint density at radius 2 is 1.93 bits per heavy atom. The van der Waals surface area contributed by atoms with Crippen molar-refractivity contribution in [3.05, 3.63) is 52.1 Å². The Morgan fingerprint density at radius 3 is 2.58 bits per heavy atom. The third-order valence-corrected chi connectivity index (χ3v) is 8.79. The van der Waals surface area contributed by atoms with Crippen LogP contribution in [0.1, 0.15) is 78.6 Å². The number of phenolic OH excluding ortho intramolecular Hbond substituents is 1. The standard InChI is InChI=1S/C33H45N5O4S/c1-8-11-12-22(9-2)20-42-23-13-14-25(40)24(19-23)28-21(4)32(41)38-31(35-28)29(30(36-38)33(5,6)7)34-26-15-16-27(43-26)37(10-3)17-18-39/h13-16,19,22,39-40H,8-12,17-18,20H2,1-7H3/b34-29-. The van der Waals surface area contributed by atoms with Crippen molar-refractivity contribution in [1.29, 1.82) is 0 Å². The topological polar surface area (TPSA) is 113 Å². The van der Waals surface area contributed by atoms with Gasteiger partial charge in [-0.25, -0.2) is 9.98 Å². The fourth-order valence-electron chi connectivity index (χ4n) is 5.07. The van der Waals surface area contributed by atoms with Gasteiger partial charge in [0.2, 0.25) is 0 Å². The molecule has 0 radical (unpaired) electrons. The maximum atomic E-state index is 13.7. The number of anilines is 1. The molecule has 9 nitrogen and oxygen atoms in total. The molecule has 232 valence electrons. The van der Waals surface area contributed by atoms with Crippen LogP contribution in [0.5, 0.6) is 11.5 Å². The van der Waals surface area contributed by atoms with E-state index in [9.17, 15) is 15.0 Å². The van der Waals surface area contributed by atoms with Gasteiger partial charge in [0.15, 0.2) is 5.82 Å². The molecular weight excluding hydrogens is 562 g/mol. The summed E-state index contributed by atoms with van der Waals surface area (Å²) in [4.78, 5) is 25.7. The second-order valence-corrected chi connectivity index (χ2v) is 13.0. The predicted octanol–water partition coefficient (Wildman–Crippen LogP) is 6.78. The predicted molar refractivity (Wildman–Crippen MR) is 177 cm³/mol. The van der Waals surface area contributed by atoms with E-state index in [1.165, 1.54) is 22.4 Å². The van der Waals surface area contributed by atoms with Crippen LogP contribution in [-0.4, -0.2) is 57.6 Å². The highest BCUT2D eigenvalue weighted by Crippen LogP contribution is 2.36. The minimum Gasteiger partial charge on any atom is -0.507 e. The maximum Gasteiger partial charge on any atom is 0.278 e. The Hall–Kier alpha value is -3.50. The van der Waals surface area contributed by atoms with Crippen LogP contribution in [0, 0.1) is 18.3 Å². The van der Waals surface area contributed by atoms with Crippen molar-refractivity contribution in [3.63, 3.8) is 0 Å². The number of nitrogens with zero attached hydrogens (tertiary/aromatic N) is 5. The first-order valence-electron chi connectivity index (χ1n) is 15.3. The zero-order valence-corrected chi connectivity index (χ0v) is 27.3. The van der Waals surface area contributed by atoms with Crippen molar-refractivity contribution >= 4 is 32.8 Å². The van der Waals surface area contributed by atoms with Gasteiger partial charge in [0.25, 0.3) is 5.56 Å². The zero-order valence-electron chi connectivity index (χ0n) is 26.5. The first kappa shape index (κ1) is 32.4. The molecule has 2 aromatic heterocycles. The van der Waals surface area contributed by atoms with Crippen LogP contribution < -0.4 is 15.2 Å². The number of thiophene rings is 1. The van der Waals surface area contributed by atoms with E-state index in [2.05, 4.69) is 18.7 Å². The molecule has 1 aromatic carbocycles. The van der Waals surface area contributed by atoms with Crippen LogP contribution in [0.3, 0.4) is 0 Å². The van der Waals surface area contributed by atoms with E-state index >= 15 is 0 Å². The third-order valence-electron chi connectivity index (χ3n) is 7.75. The summed E-state index contributed by atoms with van der Waals surface area (Å²) in [6.07, 6.45) is 4.47. The summed E-state index contributed by atoms with van der Waals surface area (Å²) in [5, 5.41) is 26.8. The second kappa shape index (κ2) is 13.9. The van der Waals surface area contributed by atoms with E-state index in [-0.39, 0.29) is 17.9 Å². The van der Waals surface area contributed by atoms with E-state index in [0.717, 1.165) is 35.8 Å². The number of ether oxygens (including phenoxy) is 1. The fourth-order valence-corrected chi connectivity index (χ4v) is 6.05. The van der Waals surface area contributed by atoms with Gasteiger partial charge in [0.05, 0.1) is 29.6 Å². The lowest BCUT2D eigenvalue weighted by Gasteiger charge is -2.19. The van der Waals surface area contributed by atoms with Gasteiger partial charge >= 0.3 is 0 Å². The van der Waals surface area contributed by atoms with E-state index in [1.54, 1.807) is 25.1 Å². The Balaban J connectivity index is 1.77. The highest BCUT2D eigenvalue weighted by Gasteiger charge is 2.35. The van der Waals surface area contributed by atoms with Crippen LogP contribution in [0.25, 0.3) is 11.3 Å². The molecule has 3 aromatic rings. The Kier molecular flexibility index (Phi) is 10.4. The number of likely N-dealkylation sites (N-methyl/N-ethyl adjacent to an activating group) is 1. The molecule has 0 fully saturated rings. The van der Waals surface area contributed by atoms with Gasteiger partial charge in [-0.1, -0.05) is 65.2 Å². The lowest BCUT2D eigenvalue weighted by molar-refractivity contribution is 0.233. The molecule has 3 heterocycles. The average Bonchev–Trinajstić information content (AvgIpc) is 3.60. The number of fused-ring (bicyclic) bond motifs is 1. The second-order valence-electron chi connectivity index (χ2n) is 12.0. The van der Waals surface area contributed by atoms with Crippen molar-refractivity contribution in [3.8, 4) is 22.8 Å². The number of hydrogen-bond acceptors (Lipinski definition) is 9. The average molecular weight is 608 g/mol. The first-order valence-corrected chi connectivity index (χ1v) is 16.1. The molecule has 0 aliphatic carbocycles. The summed E-state index contributed by atoms with van der Waals surface area (Å²) in [6.45, 7) is 16.2. The fraction of sp³-hybridized carbons (Fsp3) is 0.515. The van der Waals surface area contributed by atoms with Gasteiger partial charge in [0, 0.05) is 29.6 Å². The van der Waals surface area contributed by atoms with Gasteiger partial charge in [-0.15, -0.1) is 0 Å². The number of aliphatic hydroxyl groups is 1. The summed E-state index contributed by atoms with van der Waals surface area (Å²) in [5.74, 6) is 1.44. The monoisotopic (exact) mass is 607 g/mol. The third kappa shape index (κ3) is 7.18. The Morgan fingerprint density at radius 1 is 1.16 bits per heavy atom. The number of phenols is 1. The molecule has 1 unspecified atom stereocenters. The van der Waals surface area contributed by atoms with Gasteiger partial charge in [-0.3, -0.25) is 4.79 Å². The van der Waals surface area contributed by atoms with Crippen molar-refractivity contribution in [2.45, 2.75) is 74.1 Å². The molecule has 43 heavy (non-hydrogen) atoms. The SMILES string of the molecule is CCCCC(CC)COc1ccc(O)c(-c2nc3n(c(=O)c2C)N=C(C(C)(C)C)/C3=N/c2ccc(N(CC)CCO)s2)c1. The quantitative estimate of drug-likeness (QED) is 0.221. The smallest absolute Gasteiger partial charge is 0.278 e. The van der Waals surface area contributed by atoms with Crippen LogP contribution >= 0.6 is 11.3 Å². The molecule has 1 aliphatic heterocycles. The molecule has 0 saturated heterocycles. The maximum absolute atomic E-state index is 13.7. The highest BCUT2D eigenvalue weighted by molar-refractivity contribution is 7.19. The normalized spacial score (nSPS) is 14.6. The Bertz CT molecular complexity index is 1550. The van der Waals surface area contributed by atoms with Crippen molar-refractivity contribution in [2.75, 3.05) is 31.2 Å². The van der Waals surface area contributed by atoms with E-state index in [0.29, 0.717) is 58.9 Å². The summed E-state index contributed by atoms with van der Waals surface area (Å²) >= 11 is 1.51. The van der Waals surface area contributed by atoms with E-state index in [4.69, 9.17) is 19.8 Å². The largest absolute Gasteiger partial charge is 0.507 e. The summed E-state index contributed by atoms with van der Waals surface area (Å²) in [6, 6.07) is 9.02. The van der Waals surface area contributed by atoms with E-state index in [1.807, 2.05) is 39.8 Å². The van der Waals surface area contributed by atoms with Gasteiger partial charge in [0.1, 0.15) is 22.2 Å². The first-order chi connectivity index (χ1) is 20.5. The molecule has 0 amide bonds. The minimum atomic E-state index is -0.414. The number of unbranched alkanes of at least 4 members (excludes halogenated alkanes) is 1. The zero-order chi connectivity index (χ0) is 31.3. The summed E-state index contributed by atoms with van der Waals surface area (Å²) in [5.41, 5.74) is 1.65. The molecule has 10 heteroatoms. The number of aliphatic imine (C=N–C) groups is 1. The molecule has 0 spiro atoms. The molecule has 1 aliphatic rings. The molecule has 1 atom stereocenters. The number of hydrogen-bond donors (Lipinski definition) is 2. The lowest BCUT2D eigenvalue weighted by atomic mass is 9.87. The summed E-state index contributed by atoms with van der Waals surface area (Å²) < 4.78 is 7.49. The number of aliphatic hydroxyl groups excluding tert-OH is 1. The molecule has 0 bridgehead atoms. The minimum absolute atomic E-state index is 0.0187. The molecule has 0 saturated carbocycles. The number of aromatic hydroxyl groups is 1. The molecular formula is C33H45N5O4S. The summed E-state index contributed by atoms with van der Waals surface area (Å²) in [7, 11) is 0.